The number of aliphatic hydroxyl groups excluding tert-OH is 1. The highest BCUT2D eigenvalue weighted by atomic mass is 16.4. The number of nitrogens with zero attached hydrogens (tertiary/aromatic N) is 1. The van der Waals surface area contributed by atoms with Crippen molar-refractivity contribution in [2.45, 2.75) is 32.4 Å². The lowest BCUT2D eigenvalue weighted by Gasteiger charge is -2.50. The Balaban J connectivity index is 3.12. The third-order valence-corrected chi connectivity index (χ3v) is 3.39. The number of piperazine rings is 1. The molecule has 0 spiro atoms. The largest absolute Gasteiger partial charge is 0.514 e. The van der Waals surface area contributed by atoms with E-state index in [1.165, 1.54) is 0 Å². The van der Waals surface area contributed by atoms with E-state index < -0.39 is 11.6 Å². The first-order valence-electron chi connectivity index (χ1n) is 5.29. The standard InChI is InChI=1S/C10H20N2O3/c1-10(2,3)12(9(14)15)5-4-11-6-8(12)7-13/h8,11,13H,4-7H2,1-3H3/p+1/t8-,12?/m1/s1. The number of carboxylic acid groups (broad SMARTS) is 1. The maximum atomic E-state index is 11.5. The van der Waals surface area contributed by atoms with Crippen molar-refractivity contribution in [2.75, 3.05) is 26.2 Å². The molecule has 15 heavy (non-hydrogen) atoms. The first-order valence-corrected chi connectivity index (χ1v) is 5.29. The van der Waals surface area contributed by atoms with Crippen molar-refractivity contribution >= 4 is 6.09 Å². The van der Waals surface area contributed by atoms with Gasteiger partial charge < -0.3 is 15.5 Å². The summed E-state index contributed by atoms with van der Waals surface area (Å²) in [4.78, 5) is 11.5. The van der Waals surface area contributed by atoms with Crippen molar-refractivity contribution in [3.63, 3.8) is 0 Å². The van der Waals surface area contributed by atoms with E-state index in [4.69, 9.17) is 0 Å². The molecule has 1 saturated heterocycles. The Morgan fingerprint density at radius 1 is 1.53 bits per heavy atom. The van der Waals surface area contributed by atoms with Gasteiger partial charge in [-0.1, -0.05) is 0 Å². The number of hydrogen-bond donors (Lipinski definition) is 3. The summed E-state index contributed by atoms with van der Waals surface area (Å²) < 4.78 is -0.0590. The molecule has 1 fully saturated rings. The van der Waals surface area contributed by atoms with Crippen molar-refractivity contribution in [3.8, 4) is 0 Å². The molecule has 1 aliphatic rings. The van der Waals surface area contributed by atoms with E-state index in [0.717, 1.165) is 0 Å². The van der Waals surface area contributed by atoms with Gasteiger partial charge in [0.2, 0.25) is 0 Å². The summed E-state index contributed by atoms with van der Waals surface area (Å²) in [7, 11) is 0. The second kappa shape index (κ2) is 4.08. The van der Waals surface area contributed by atoms with Crippen molar-refractivity contribution in [1.82, 2.24) is 5.32 Å². The Morgan fingerprint density at radius 3 is 2.47 bits per heavy atom. The molecule has 0 aromatic heterocycles. The average molecular weight is 217 g/mol. The van der Waals surface area contributed by atoms with Gasteiger partial charge in [0.15, 0.2) is 0 Å². The predicted octanol–water partition coefficient (Wildman–Crippen LogP) is 0.244. The maximum absolute atomic E-state index is 11.5. The number of carbonyl (C=O) groups is 1. The molecule has 1 heterocycles. The van der Waals surface area contributed by atoms with E-state index in [9.17, 15) is 15.0 Å². The number of aliphatic hydroxyl groups is 1. The fourth-order valence-electron chi connectivity index (χ4n) is 2.49. The van der Waals surface area contributed by atoms with Gasteiger partial charge in [0, 0.05) is 6.54 Å². The molecule has 0 aromatic rings. The molecule has 0 aliphatic carbocycles. The van der Waals surface area contributed by atoms with Crippen LogP contribution in [0.2, 0.25) is 0 Å². The van der Waals surface area contributed by atoms with Crippen LogP contribution < -0.4 is 5.32 Å². The molecule has 1 amide bonds. The second-order valence-electron chi connectivity index (χ2n) is 5.09. The summed E-state index contributed by atoms with van der Waals surface area (Å²) in [5.41, 5.74) is -0.401. The van der Waals surface area contributed by atoms with Crippen LogP contribution in [-0.2, 0) is 0 Å². The lowest BCUT2D eigenvalue weighted by Crippen LogP contribution is -2.75. The molecule has 88 valence electrons. The zero-order chi connectivity index (χ0) is 11.7. The van der Waals surface area contributed by atoms with Gasteiger partial charge in [-0.05, 0) is 20.8 Å². The minimum absolute atomic E-state index is 0.0590. The Morgan fingerprint density at radius 2 is 2.13 bits per heavy atom. The van der Waals surface area contributed by atoms with Crippen LogP contribution in [0.15, 0.2) is 0 Å². The van der Waals surface area contributed by atoms with Crippen molar-refractivity contribution in [3.05, 3.63) is 0 Å². The van der Waals surface area contributed by atoms with Crippen LogP contribution in [0.25, 0.3) is 0 Å². The summed E-state index contributed by atoms with van der Waals surface area (Å²) in [5.74, 6) is 0. The summed E-state index contributed by atoms with van der Waals surface area (Å²) in [6.45, 7) is 7.39. The van der Waals surface area contributed by atoms with Gasteiger partial charge >= 0.3 is 6.09 Å². The fourth-order valence-corrected chi connectivity index (χ4v) is 2.49. The summed E-state index contributed by atoms with van der Waals surface area (Å²) in [6.07, 6.45) is -0.844. The summed E-state index contributed by atoms with van der Waals surface area (Å²) in [6, 6.07) is -0.267. The van der Waals surface area contributed by atoms with Crippen LogP contribution in [0.3, 0.4) is 0 Å². The summed E-state index contributed by atoms with van der Waals surface area (Å²) >= 11 is 0. The highest BCUT2D eigenvalue weighted by Gasteiger charge is 2.54. The van der Waals surface area contributed by atoms with E-state index in [0.29, 0.717) is 19.6 Å². The SMILES string of the molecule is CC(C)(C)[N+]1(C(=O)O)CCNC[C@@H]1CO. The minimum atomic E-state index is -0.844. The molecule has 2 atom stereocenters. The van der Waals surface area contributed by atoms with Gasteiger partial charge in [-0.15, -0.1) is 0 Å². The molecule has 0 saturated carbocycles. The molecule has 1 aliphatic heterocycles. The minimum Gasteiger partial charge on any atom is -0.435 e. The van der Waals surface area contributed by atoms with E-state index in [2.05, 4.69) is 5.32 Å². The van der Waals surface area contributed by atoms with E-state index in [-0.39, 0.29) is 17.1 Å². The van der Waals surface area contributed by atoms with Crippen LogP contribution in [0, 0.1) is 0 Å². The van der Waals surface area contributed by atoms with E-state index in [1.54, 1.807) is 0 Å². The highest BCUT2D eigenvalue weighted by molar-refractivity contribution is 5.58. The van der Waals surface area contributed by atoms with Crippen LogP contribution in [0.5, 0.6) is 0 Å². The molecule has 0 bridgehead atoms. The van der Waals surface area contributed by atoms with Gasteiger partial charge in [-0.25, -0.2) is 4.48 Å². The van der Waals surface area contributed by atoms with Gasteiger partial charge in [-0.3, -0.25) is 0 Å². The lowest BCUT2D eigenvalue weighted by atomic mass is 9.96. The van der Waals surface area contributed by atoms with Crippen molar-refractivity contribution in [1.29, 1.82) is 0 Å². The topological polar surface area (TPSA) is 69.6 Å². The van der Waals surface area contributed by atoms with Crippen molar-refractivity contribution in [2.24, 2.45) is 0 Å². The Labute approximate surface area is 90.3 Å². The summed E-state index contributed by atoms with van der Waals surface area (Å²) in [5, 5.41) is 21.9. The Hall–Kier alpha value is -0.650. The molecule has 5 heteroatoms. The number of quaternary nitrogens is 1. The smallest absolute Gasteiger partial charge is 0.435 e. The predicted molar refractivity (Wildman–Crippen MR) is 56.6 cm³/mol. The van der Waals surface area contributed by atoms with Crippen LogP contribution >= 0.6 is 0 Å². The van der Waals surface area contributed by atoms with E-state index >= 15 is 0 Å². The fraction of sp³-hybridized carbons (Fsp3) is 0.900. The number of nitrogens with one attached hydrogen (secondary N) is 1. The lowest BCUT2D eigenvalue weighted by molar-refractivity contribution is -0.928. The quantitative estimate of drug-likeness (QED) is 0.550. The second-order valence-corrected chi connectivity index (χ2v) is 5.09. The third-order valence-electron chi connectivity index (χ3n) is 3.39. The monoisotopic (exact) mass is 217 g/mol. The molecule has 0 aromatic carbocycles. The number of rotatable bonds is 1. The van der Waals surface area contributed by atoms with Crippen molar-refractivity contribution < 1.29 is 19.5 Å². The third kappa shape index (κ3) is 1.87. The van der Waals surface area contributed by atoms with Gasteiger partial charge in [0.25, 0.3) is 0 Å². The van der Waals surface area contributed by atoms with Crippen LogP contribution in [0.1, 0.15) is 20.8 Å². The molecule has 5 nitrogen and oxygen atoms in total. The Bertz CT molecular complexity index is 250. The average Bonchev–Trinajstić information content (AvgIpc) is 2.15. The molecule has 1 rings (SSSR count). The van der Waals surface area contributed by atoms with Gasteiger partial charge in [0.05, 0.1) is 13.2 Å². The molecule has 1 unspecified atom stereocenters. The molecular formula is C10H21N2O3+. The first-order chi connectivity index (χ1) is 6.86. The van der Waals surface area contributed by atoms with Crippen LogP contribution in [0.4, 0.5) is 4.79 Å². The normalized spacial score (nSPS) is 32.7. The van der Waals surface area contributed by atoms with Gasteiger partial charge in [-0.2, -0.15) is 4.79 Å². The van der Waals surface area contributed by atoms with Gasteiger partial charge in [0.1, 0.15) is 18.1 Å². The molecular weight excluding hydrogens is 196 g/mol. The zero-order valence-corrected chi connectivity index (χ0v) is 9.66. The molecule has 3 N–H and O–H groups in total. The van der Waals surface area contributed by atoms with E-state index in [1.807, 2.05) is 20.8 Å². The number of hydrogen-bond acceptors (Lipinski definition) is 3. The first kappa shape index (κ1) is 12.4. The zero-order valence-electron chi connectivity index (χ0n) is 9.66. The maximum Gasteiger partial charge on any atom is 0.514 e. The Kier molecular flexibility index (Phi) is 3.38. The highest BCUT2D eigenvalue weighted by Crippen LogP contribution is 2.30. The molecule has 0 radical (unpaired) electrons. The number of amides is 1. The van der Waals surface area contributed by atoms with Crippen LogP contribution in [-0.4, -0.2) is 58.6 Å².